The molecule has 0 saturated carbocycles. The van der Waals surface area contributed by atoms with E-state index in [9.17, 15) is 8.78 Å². The van der Waals surface area contributed by atoms with E-state index in [1.54, 1.807) is 12.1 Å². The number of ether oxygens (including phenoxy) is 2. The third-order valence-corrected chi connectivity index (χ3v) is 3.41. The van der Waals surface area contributed by atoms with Gasteiger partial charge in [0.05, 0.1) is 12.1 Å². The lowest BCUT2D eigenvalue weighted by atomic mass is 10.2. The standard InChI is InChI=1S/C15H12Cl2F2O2/c1-20-14-5-9(7-16)4-12(17)15(14)21-8-10-6-11(18)2-3-13(10)19/h2-6H,7-8H2,1H3. The molecule has 112 valence electrons. The van der Waals surface area contributed by atoms with Crippen LogP contribution in [0, 0.1) is 11.6 Å². The van der Waals surface area contributed by atoms with Crippen molar-refractivity contribution < 1.29 is 18.3 Å². The van der Waals surface area contributed by atoms with Crippen molar-refractivity contribution in [3.05, 3.63) is 58.1 Å². The summed E-state index contributed by atoms with van der Waals surface area (Å²) in [6.45, 7) is -0.167. The van der Waals surface area contributed by atoms with E-state index in [0.29, 0.717) is 10.8 Å². The number of benzene rings is 2. The van der Waals surface area contributed by atoms with E-state index in [0.717, 1.165) is 23.8 Å². The number of methoxy groups -OCH3 is 1. The minimum atomic E-state index is -0.552. The van der Waals surface area contributed by atoms with Crippen LogP contribution in [-0.4, -0.2) is 7.11 Å². The molecule has 0 N–H and O–H groups in total. The Morgan fingerprint density at radius 1 is 1.14 bits per heavy atom. The minimum Gasteiger partial charge on any atom is -0.493 e. The highest BCUT2D eigenvalue weighted by Crippen LogP contribution is 2.37. The van der Waals surface area contributed by atoms with Gasteiger partial charge in [0.1, 0.15) is 18.2 Å². The van der Waals surface area contributed by atoms with Gasteiger partial charge in [-0.15, -0.1) is 11.6 Å². The first kappa shape index (κ1) is 15.9. The molecule has 21 heavy (non-hydrogen) atoms. The van der Waals surface area contributed by atoms with Crippen LogP contribution in [0.4, 0.5) is 8.78 Å². The van der Waals surface area contributed by atoms with Crippen LogP contribution < -0.4 is 9.47 Å². The van der Waals surface area contributed by atoms with Gasteiger partial charge in [0.2, 0.25) is 0 Å². The Bertz CT molecular complexity index is 648. The van der Waals surface area contributed by atoms with Gasteiger partial charge in [-0.05, 0) is 35.9 Å². The fourth-order valence-electron chi connectivity index (χ4n) is 1.79. The zero-order valence-corrected chi connectivity index (χ0v) is 12.6. The quantitative estimate of drug-likeness (QED) is 0.721. The third kappa shape index (κ3) is 3.77. The molecule has 0 spiro atoms. The van der Waals surface area contributed by atoms with Gasteiger partial charge in [0.15, 0.2) is 11.5 Å². The number of rotatable bonds is 5. The molecule has 2 aromatic rings. The molecule has 0 amide bonds. The summed E-state index contributed by atoms with van der Waals surface area (Å²) in [6, 6.07) is 6.47. The Balaban J connectivity index is 2.25. The maximum Gasteiger partial charge on any atom is 0.180 e. The molecule has 6 heteroatoms. The van der Waals surface area contributed by atoms with E-state index in [2.05, 4.69) is 0 Å². The second-order valence-electron chi connectivity index (χ2n) is 4.27. The summed E-state index contributed by atoms with van der Waals surface area (Å²) >= 11 is 11.8. The van der Waals surface area contributed by atoms with Gasteiger partial charge in [-0.3, -0.25) is 0 Å². The second-order valence-corrected chi connectivity index (χ2v) is 4.94. The highest BCUT2D eigenvalue weighted by molar-refractivity contribution is 6.32. The Morgan fingerprint density at radius 2 is 1.90 bits per heavy atom. The number of alkyl halides is 1. The molecular weight excluding hydrogens is 321 g/mol. The molecule has 0 heterocycles. The van der Waals surface area contributed by atoms with E-state index in [1.165, 1.54) is 7.11 Å². The van der Waals surface area contributed by atoms with Gasteiger partial charge in [0, 0.05) is 11.4 Å². The summed E-state index contributed by atoms with van der Waals surface area (Å²) in [5.41, 5.74) is 0.859. The summed E-state index contributed by atoms with van der Waals surface area (Å²) in [7, 11) is 1.46. The molecule has 0 fully saturated rings. The lowest BCUT2D eigenvalue weighted by molar-refractivity contribution is 0.279. The molecule has 0 atom stereocenters. The molecule has 2 nitrogen and oxygen atoms in total. The van der Waals surface area contributed by atoms with E-state index in [1.807, 2.05) is 0 Å². The van der Waals surface area contributed by atoms with Crippen LogP contribution in [0.15, 0.2) is 30.3 Å². The highest BCUT2D eigenvalue weighted by Gasteiger charge is 2.13. The van der Waals surface area contributed by atoms with E-state index >= 15 is 0 Å². The van der Waals surface area contributed by atoms with Crippen molar-refractivity contribution in [3.8, 4) is 11.5 Å². The van der Waals surface area contributed by atoms with Gasteiger partial charge in [0.25, 0.3) is 0 Å². The SMILES string of the molecule is COc1cc(CCl)cc(Cl)c1OCc1cc(F)ccc1F. The van der Waals surface area contributed by atoms with E-state index < -0.39 is 11.6 Å². The van der Waals surface area contributed by atoms with Gasteiger partial charge in [-0.2, -0.15) is 0 Å². The van der Waals surface area contributed by atoms with Crippen LogP contribution in [-0.2, 0) is 12.5 Å². The summed E-state index contributed by atoms with van der Waals surface area (Å²) < 4.78 is 37.3. The van der Waals surface area contributed by atoms with Gasteiger partial charge in [-0.25, -0.2) is 8.78 Å². The zero-order chi connectivity index (χ0) is 15.4. The fraction of sp³-hybridized carbons (Fsp3) is 0.200. The molecule has 0 unspecified atom stereocenters. The van der Waals surface area contributed by atoms with E-state index in [4.69, 9.17) is 32.7 Å². The molecule has 0 bridgehead atoms. The summed E-state index contributed by atoms with van der Waals surface area (Å²) in [6.07, 6.45) is 0. The molecule has 0 aromatic heterocycles. The Labute approximate surface area is 131 Å². The Kier molecular flexibility index (Phi) is 5.26. The van der Waals surface area contributed by atoms with Crippen molar-refractivity contribution in [1.82, 2.24) is 0 Å². The van der Waals surface area contributed by atoms with Crippen molar-refractivity contribution in [3.63, 3.8) is 0 Å². The Morgan fingerprint density at radius 3 is 2.57 bits per heavy atom. The van der Waals surface area contributed by atoms with E-state index in [-0.39, 0.29) is 23.8 Å². The lowest BCUT2D eigenvalue weighted by Gasteiger charge is -2.14. The molecule has 2 aromatic carbocycles. The lowest BCUT2D eigenvalue weighted by Crippen LogP contribution is -2.02. The van der Waals surface area contributed by atoms with Gasteiger partial charge >= 0.3 is 0 Å². The first-order chi connectivity index (χ1) is 10.0. The van der Waals surface area contributed by atoms with Gasteiger partial charge < -0.3 is 9.47 Å². The third-order valence-electron chi connectivity index (χ3n) is 2.82. The molecule has 2 rings (SSSR count). The van der Waals surface area contributed by atoms with Crippen LogP contribution in [0.1, 0.15) is 11.1 Å². The van der Waals surface area contributed by atoms with Crippen molar-refractivity contribution in [2.45, 2.75) is 12.5 Å². The van der Waals surface area contributed by atoms with Crippen molar-refractivity contribution in [2.24, 2.45) is 0 Å². The summed E-state index contributed by atoms with van der Waals surface area (Å²) in [4.78, 5) is 0. The first-order valence-electron chi connectivity index (χ1n) is 6.04. The van der Waals surface area contributed by atoms with Crippen molar-refractivity contribution in [1.29, 1.82) is 0 Å². The molecule has 0 aliphatic rings. The van der Waals surface area contributed by atoms with Gasteiger partial charge in [-0.1, -0.05) is 11.6 Å². The summed E-state index contributed by atoms with van der Waals surface area (Å²) in [5, 5.41) is 0.293. The predicted octanol–water partition coefficient (Wildman–Crippen LogP) is 4.94. The van der Waals surface area contributed by atoms with Crippen LogP contribution in [0.2, 0.25) is 5.02 Å². The van der Waals surface area contributed by atoms with Crippen LogP contribution in [0.5, 0.6) is 11.5 Å². The van der Waals surface area contributed by atoms with Crippen LogP contribution in [0.25, 0.3) is 0 Å². The summed E-state index contributed by atoms with van der Waals surface area (Å²) in [5.74, 6) is -0.171. The molecule has 0 saturated heterocycles. The highest BCUT2D eigenvalue weighted by atomic mass is 35.5. The fourth-order valence-corrected chi connectivity index (χ4v) is 2.24. The molecular formula is C15H12Cl2F2O2. The number of hydrogen-bond acceptors (Lipinski definition) is 2. The minimum absolute atomic E-state index is 0.0922. The maximum absolute atomic E-state index is 13.5. The monoisotopic (exact) mass is 332 g/mol. The molecule has 0 aliphatic heterocycles. The average molecular weight is 333 g/mol. The molecule has 0 radical (unpaired) electrons. The molecule has 0 aliphatic carbocycles. The predicted molar refractivity (Wildman–Crippen MR) is 78.3 cm³/mol. The average Bonchev–Trinajstić information content (AvgIpc) is 2.48. The first-order valence-corrected chi connectivity index (χ1v) is 6.95. The van der Waals surface area contributed by atoms with Crippen molar-refractivity contribution >= 4 is 23.2 Å². The van der Waals surface area contributed by atoms with Crippen LogP contribution in [0.3, 0.4) is 0 Å². The topological polar surface area (TPSA) is 18.5 Å². The number of hydrogen-bond donors (Lipinski definition) is 0. The van der Waals surface area contributed by atoms with Crippen LogP contribution >= 0.6 is 23.2 Å². The largest absolute Gasteiger partial charge is 0.493 e. The maximum atomic E-state index is 13.5. The smallest absolute Gasteiger partial charge is 0.180 e. The van der Waals surface area contributed by atoms with Crippen molar-refractivity contribution in [2.75, 3.05) is 7.11 Å². The number of halogens is 4. The zero-order valence-electron chi connectivity index (χ0n) is 11.1. The normalized spacial score (nSPS) is 10.5. The Hall–Kier alpha value is -1.52. The second kappa shape index (κ2) is 6.96.